The molecule has 1 unspecified atom stereocenters. The van der Waals surface area contributed by atoms with Crippen molar-refractivity contribution in [3.8, 4) is 0 Å². The van der Waals surface area contributed by atoms with Crippen LogP contribution in [0.1, 0.15) is 17.9 Å². The average Bonchev–Trinajstić information content (AvgIpc) is 2.15. The second kappa shape index (κ2) is 4.54. The zero-order chi connectivity index (χ0) is 11.4. The highest BCUT2D eigenvalue weighted by atomic mass is 19.1. The SMILES string of the molecule is NC(=O)CC(C(N)=O)c1ccccc1F. The summed E-state index contributed by atoms with van der Waals surface area (Å²) >= 11 is 0. The van der Waals surface area contributed by atoms with E-state index in [2.05, 4.69) is 0 Å². The van der Waals surface area contributed by atoms with E-state index in [-0.39, 0.29) is 12.0 Å². The fourth-order valence-corrected chi connectivity index (χ4v) is 1.32. The molecule has 0 aliphatic carbocycles. The van der Waals surface area contributed by atoms with Crippen LogP contribution in [0.5, 0.6) is 0 Å². The van der Waals surface area contributed by atoms with Gasteiger partial charge < -0.3 is 11.5 Å². The fraction of sp³-hybridized carbons (Fsp3) is 0.200. The number of carbonyl (C=O) groups excluding carboxylic acids is 2. The van der Waals surface area contributed by atoms with Crippen LogP contribution in [0.25, 0.3) is 0 Å². The lowest BCUT2D eigenvalue weighted by molar-refractivity contribution is -0.124. The molecule has 0 radical (unpaired) electrons. The minimum atomic E-state index is -0.997. The average molecular weight is 210 g/mol. The Kier molecular flexibility index (Phi) is 3.38. The summed E-state index contributed by atoms with van der Waals surface area (Å²) < 4.78 is 13.3. The highest BCUT2D eigenvalue weighted by Gasteiger charge is 2.22. The van der Waals surface area contributed by atoms with Gasteiger partial charge in [0.1, 0.15) is 5.82 Å². The molecule has 0 saturated carbocycles. The summed E-state index contributed by atoms with van der Waals surface area (Å²) in [6, 6.07) is 5.66. The number of rotatable bonds is 4. The van der Waals surface area contributed by atoms with Crippen LogP contribution in [0, 0.1) is 5.82 Å². The van der Waals surface area contributed by atoms with Crippen molar-refractivity contribution in [1.82, 2.24) is 0 Å². The monoisotopic (exact) mass is 210 g/mol. The van der Waals surface area contributed by atoms with Gasteiger partial charge in [-0.2, -0.15) is 0 Å². The minimum Gasteiger partial charge on any atom is -0.370 e. The third kappa shape index (κ3) is 2.77. The van der Waals surface area contributed by atoms with E-state index in [1.54, 1.807) is 6.07 Å². The molecule has 1 aromatic carbocycles. The van der Waals surface area contributed by atoms with Gasteiger partial charge in [0.2, 0.25) is 11.8 Å². The van der Waals surface area contributed by atoms with E-state index in [0.29, 0.717) is 0 Å². The van der Waals surface area contributed by atoms with Crippen LogP contribution >= 0.6 is 0 Å². The Balaban J connectivity index is 3.04. The lowest BCUT2D eigenvalue weighted by Crippen LogP contribution is -2.27. The molecule has 0 fully saturated rings. The van der Waals surface area contributed by atoms with Crippen LogP contribution in [0.4, 0.5) is 4.39 Å². The number of carbonyl (C=O) groups is 2. The Hall–Kier alpha value is -1.91. The molecule has 1 rings (SSSR count). The third-order valence-electron chi connectivity index (χ3n) is 2.03. The van der Waals surface area contributed by atoms with E-state index in [1.807, 2.05) is 0 Å². The number of benzene rings is 1. The van der Waals surface area contributed by atoms with E-state index in [4.69, 9.17) is 11.5 Å². The molecule has 15 heavy (non-hydrogen) atoms. The number of nitrogens with two attached hydrogens (primary N) is 2. The van der Waals surface area contributed by atoms with Crippen molar-refractivity contribution >= 4 is 11.8 Å². The summed E-state index contributed by atoms with van der Waals surface area (Å²) in [5, 5.41) is 0. The maximum absolute atomic E-state index is 13.3. The van der Waals surface area contributed by atoms with Crippen molar-refractivity contribution in [3.63, 3.8) is 0 Å². The summed E-state index contributed by atoms with van der Waals surface area (Å²) in [6.45, 7) is 0. The summed E-state index contributed by atoms with van der Waals surface area (Å²) in [4.78, 5) is 21.7. The summed E-state index contributed by atoms with van der Waals surface area (Å²) in [7, 11) is 0. The van der Waals surface area contributed by atoms with E-state index in [1.165, 1.54) is 18.2 Å². The smallest absolute Gasteiger partial charge is 0.225 e. The van der Waals surface area contributed by atoms with Crippen LogP contribution in [0.15, 0.2) is 24.3 Å². The zero-order valence-electron chi connectivity index (χ0n) is 7.94. The first-order valence-electron chi connectivity index (χ1n) is 4.34. The molecule has 0 bridgehead atoms. The summed E-state index contributed by atoms with van der Waals surface area (Å²) in [5.74, 6) is -3.02. The molecule has 4 N–H and O–H groups in total. The van der Waals surface area contributed by atoms with Gasteiger partial charge in [0, 0.05) is 12.0 Å². The highest BCUT2D eigenvalue weighted by Crippen LogP contribution is 2.21. The predicted molar refractivity (Wildman–Crippen MR) is 52.1 cm³/mol. The Morgan fingerprint density at radius 1 is 1.27 bits per heavy atom. The third-order valence-corrected chi connectivity index (χ3v) is 2.03. The molecule has 0 spiro atoms. The van der Waals surface area contributed by atoms with Gasteiger partial charge in [-0.3, -0.25) is 9.59 Å². The quantitative estimate of drug-likeness (QED) is 0.747. The number of primary amides is 2. The van der Waals surface area contributed by atoms with Gasteiger partial charge in [-0.1, -0.05) is 18.2 Å². The maximum Gasteiger partial charge on any atom is 0.225 e. The largest absolute Gasteiger partial charge is 0.370 e. The number of amides is 2. The van der Waals surface area contributed by atoms with Crippen LogP contribution < -0.4 is 11.5 Å². The van der Waals surface area contributed by atoms with Crippen molar-refractivity contribution in [3.05, 3.63) is 35.6 Å². The first kappa shape index (κ1) is 11.2. The molecule has 1 atom stereocenters. The van der Waals surface area contributed by atoms with Crippen LogP contribution in [0.2, 0.25) is 0 Å². The maximum atomic E-state index is 13.3. The molecule has 0 aromatic heterocycles. The van der Waals surface area contributed by atoms with Gasteiger partial charge >= 0.3 is 0 Å². The molecule has 0 saturated heterocycles. The first-order valence-corrected chi connectivity index (χ1v) is 4.34. The predicted octanol–water partition coefficient (Wildman–Crippen LogP) is 0.270. The van der Waals surface area contributed by atoms with E-state index < -0.39 is 23.5 Å². The fourth-order valence-electron chi connectivity index (χ4n) is 1.32. The Morgan fingerprint density at radius 3 is 2.33 bits per heavy atom. The molecule has 80 valence electrons. The lowest BCUT2D eigenvalue weighted by Gasteiger charge is -2.12. The van der Waals surface area contributed by atoms with Gasteiger partial charge in [-0.15, -0.1) is 0 Å². The molecule has 0 aliphatic heterocycles. The lowest BCUT2D eigenvalue weighted by atomic mass is 9.94. The zero-order valence-corrected chi connectivity index (χ0v) is 7.94. The number of hydrogen-bond acceptors (Lipinski definition) is 2. The van der Waals surface area contributed by atoms with Crippen LogP contribution in [-0.2, 0) is 9.59 Å². The molecule has 0 heterocycles. The first-order chi connectivity index (χ1) is 7.02. The molecule has 1 aromatic rings. The second-order valence-electron chi connectivity index (χ2n) is 3.15. The molecule has 4 nitrogen and oxygen atoms in total. The van der Waals surface area contributed by atoms with Crippen molar-refractivity contribution in [1.29, 1.82) is 0 Å². The van der Waals surface area contributed by atoms with E-state index in [9.17, 15) is 14.0 Å². The number of halogens is 1. The number of hydrogen-bond donors (Lipinski definition) is 2. The van der Waals surface area contributed by atoms with Crippen molar-refractivity contribution in [2.24, 2.45) is 11.5 Å². The molecular weight excluding hydrogens is 199 g/mol. The topological polar surface area (TPSA) is 86.2 Å². The second-order valence-corrected chi connectivity index (χ2v) is 3.15. The van der Waals surface area contributed by atoms with Crippen molar-refractivity contribution < 1.29 is 14.0 Å². The van der Waals surface area contributed by atoms with Gasteiger partial charge in [0.15, 0.2) is 0 Å². The van der Waals surface area contributed by atoms with E-state index >= 15 is 0 Å². The van der Waals surface area contributed by atoms with Gasteiger partial charge in [0.25, 0.3) is 0 Å². The molecule has 2 amide bonds. The van der Waals surface area contributed by atoms with Crippen molar-refractivity contribution in [2.45, 2.75) is 12.3 Å². The molecular formula is C10H11FN2O2. The highest BCUT2D eigenvalue weighted by molar-refractivity contribution is 5.88. The normalized spacial score (nSPS) is 12.1. The Bertz CT molecular complexity index is 393. The summed E-state index contributed by atoms with van der Waals surface area (Å²) in [5.41, 5.74) is 10.1. The molecule has 0 aliphatic rings. The van der Waals surface area contributed by atoms with Gasteiger partial charge in [-0.25, -0.2) is 4.39 Å². The summed E-state index contributed by atoms with van der Waals surface area (Å²) in [6.07, 6.45) is -0.281. The Labute approximate surface area is 86.1 Å². The Morgan fingerprint density at radius 2 is 1.87 bits per heavy atom. The van der Waals surface area contributed by atoms with E-state index in [0.717, 1.165) is 0 Å². The van der Waals surface area contributed by atoms with Crippen LogP contribution in [0.3, 0.4) is 0 Å². The minimum absolute atomic E-state index is 0.101. The standard InChI is InChI=1S/C10H11FN2O2/c11-8-4-2-1-3-6(8)7(10(13)15)5-9(12)14/h1-4,7H,5H2,(H2,12,14)(H2,13,15). The van der Waals surface area contributed by atoms with Gasteiger partial charge in [-0.05, 0) is 6.07 Å². The van der Waals surface area contributed by atoms with Crippen molar-refractivity contribution in [2.75, 3.05) is 0 Å². The van der Waals surface area contributed by atoms with Gasteiger partial charge in [0.05, 0.1) is 5.92 Å². The molecule has 5 heteroatoms. The van der Waals surface area contributed by atoms with Crippen LogP contribution in [-0.4, -0.2) is 11.8 Å².